The van der Waals surface area contributed by atoms with Gasteiger partial charge >= 0.3 is 6.09 Å². The van der Waals surface area contributed by atoms with Crippen LogP contribution in [0.2, 0.25) is 0 Å². The summed E-state index contributed by atoms with van der Waals surface area (Å²) in [5.74, 6) is 0. The number of amides is 1. The van der Waals surface area contributed by atoms with Gasteiger partial charge in [-0.3, -0.25) is 0 Å². The van der Waals surface area contributed by atoms with E-state index in [4.69, 9.17) is 5.11 Å². The second kappa shape index (κ2) is 4.56. The molecular formula is C13H19NO2. The minimum atomic E-state index is -0.986. The Labute approximate surface area is 96.5 Å². The number of nitrogens with one attached hydrogen (secondary N) is 1. The summed E-state index contributed by atoms with van der Waals surface area (Å²) in [5, 5.41) is 11.0. The van der Waals surface area contributed by atoms with Crippen LogP contribution >= 0.6 is 0 Å². The van der Waals surface area contributed by atoms with Gasteiger partial charge in [0.05, 0.1) is 0 Å². The number of aryl methyl sites for hydroxylation is 1. The molecule has 0 aromatic heterocycles. The van der Waals surface area contributed by atoms with Gasteiger partial charge in [-0.05, 0) is 29.0 Å². The summed E-state index contributed by atoms with van der Waals surface area (Å²) in [6.45, 7) is 8.79. The Morgan fingerprint density at radius 3 is 2.50 bits per heavy atom. The Hall–Kier alpha value is -1.51. The second-order valence-corrected chi connectivity index (χ2v) is 5.05. The predicted molar refractivity (Wildman–Crippen MR) is 64.7 cm³/mol. The molecule has 1 aromatic rings. The highest BCUT2D eigenvalue weighted by atomic mass is 16.4. The largest absolute Gasteiger partial charge is 0.465 e. The van der Waals surface area contributed by atoms with Crippen LogP contribution in [0.4, 0.5) is 4.79 Å². The highest BCUT2D eigenvalue weighted by molar-refractivity contribution is 5.64. The fourth-order valence-corrected chi connectivity index (χ4v) is 1.50. The molecule has 16 heavy (non-hydrogen) atoms. The van der Waals surface area contributed by atoms with E-state index >= 15 is 0 Å². The predicted octanol–water partition coefficient (Wildman–Crippen LogP) is 3.06. The molecule has 3 heteroatoms. The molecular weight excluding hydrogens is 202 g/mol. The molecule has 0 unspecified atom stereocenters. The van der Waals surface area contributed by atoms with E-state index in [-0.39, 0.29) is 5.41 Å². The first-order valence-electron chi connectivity index (χ1n) is 5.37. The topological polar surface area (TPSA) is 49.3 Å². The van der Waals surface area contributed by atoms with Crippen molar-refractivity contribution in [2.45, 2.75) is 39.7 Å². The van der Waals surface area contributed by atoms with E-state index in [1.54, 1.807) is 0 Å². The monoisotopic (exact) mass is 221 g/mol. The Morgan fingerprint density at radius 2 is 2.00 bits per heavy atom. The van der Waals surface area contributed by atoms with Gasteiger partial charge in [-0.2, -0.15) is 0 Å². The molecule has 0 spiro atoms. The zero-order valence-corrected chi connectivity index (χ0v) is 10.3. The van der Waals surface area contributed by atoms with Gasteiger partial charge in [0, 0.05) is 6.54 Å². The van der Waals surface area contributed by atoms with E-state index in [0.29, 0.717) is 6.54 Å². The van der Waals surface area contributed by atoms with Crippen LogP contribution in [0.15, 0.2) is 18.2 Å². The molecule has 0 aliphatic heterocycles. The molecule has 1 rings (SSSR count). The van der Waals surface area contributed by atoms with Crippen LogP contribution in [0.5, 0.6) is 0 Å². The van der Waals surface area contributed by atoms with Crippen LogP contribution in [0.1, 0.15) is 37.5 Å². The van der Waals surface area contributed by atoms with Crippen molar-refractivity contribution >= 4 is 6.09 Å². The summed E-state index contributed by atoms with van der Waals surface area (Å²) in [4.78, 5) is 10.5. The van der Waals surface area contributed by atoms with Gasteiger partial charge < -0.3 is 10.4 Å². The van der Waals surface area contributed by atoms with Crippen molar-refractivity contribution in [3.05, 3.63) is 34.9 Å². The maximum absolute atomic E-state index is 10.5. The molecule has 0 atom stereocenters. The van der Waals surface area contributed by atoms with Crippen LogP contribution in [0.3, 0.4) is 0 Å². The number of hydrogen-bond acceptors (Lipinski definition) is 1. The first-order valence-corrected chi connectivity index (χ1v) is 5.37. The lowest BCUT2D eigenvalue weighted by Crippen LogP contribution is -2.21. The quantitative estimate of drug-likeness (QED) is 0.806. The molecule has 1 amide bonds. The van der Waals surface area contributed by atoms with Crippen LogP contribution in [0.25, 0.3) is 0 Å². The molecule has 0 radical (unpaired) electrons. The molecule has 3 nitrogen and oxygen atoms in total. The van der Waals surface area contributed by atoms with E-state index in [9.17, 15) is 4.79 Å². The van der Waals surface area contributed by atoms with E-state index in [1.165, 1.54) is 5.56 Å². The van der Waals surface area contributed by atoms with Gasteiger partial charge in [0.2, 0.25) is 0 Å². The van der Waals surface area contributed by atoms with Crippen LogP contribution in [-0.4, -0.2) is 11.2 Å². The minimum Gasteiger partial charge on any atom is -0.465 e. The second-order valence-electron chi connectivity index (χ2n) is 5.05. The van der Waals surface area contributed by atoms with Crippen molar-refractivity contribution in [3.8, 4) is 0 Å². The molecule has 2 N–H and O–H groups in total. The fourth-order valence-electron chi connectivity index (χ4n) is 1.50. The lowest BCUT2D eigenvalue weighted by atomic mass is 9.85. The van der Waals surface area contributed by atoms with Gasteiger partial charge in [-0.25, -0.2) is 4.79 Å². The maximum atomic E-state index is 10.5. The highest BCUT2D eigenvalue weighted by Gasteiger charge is 2.14. The summed E-state index contributed by atoms with van der Waals surface area (Å²) in [7, 11) is 0. The van der Waals surface area contributed by atoms with Crippen molar-refractivity contribution in [1.29, 1.82) is 0 Å². The van der Waals surface area contributed by atoms with Crippen molar-refractivity contribution in [3.63, 3.8) is 0 Å². The first-order chi connectivity index (χ1) is 7.30. The summed E-state index contributed by atoms with van der Waals surface area (Å²) >= 11 is 0. The zero-order chi connectivity index (χ0) is 12.3. The third-order valence-corrected chi connectivity index (χ3v) is 2.65. The van der Waals surface area contributed by atoms with Crippen LogP contribution < -0.4 is 5.32 Å². The van der Waals surface area contributed by atoms with Gasteiger partial charge in [-0.15, -0.1) is 0 Å². The molecule has 0 heterocycles. The summed E-state index contributed by atoms with van der Waals surface area (Å²) in [5.41, 5.74) is 3.46. The maximum Gasteiger partial charge on any atom is 0.404 e. The molecule has 1 aromatic carbocycles. The molecule has 0 saturated carbocycles. The van der Waals surface area contributed by atoms with Gasteiger partial charge in [0.25, 0.3) is 0 Å². The number of carbonyl (C=O) groups is 1. The number of carboxylic acid groups (broad SMARTS) is 1. The summed E-state index contributed by atoms with van der Waals surface area (Å²) in [6, 6.07) is 6.21. The highest BCUT2D eigenvalue weighted by Crippen LogP contribution is 2.24. The van der Waals surface area contributed by atoms with Crippen molar-refractivity contribution in [2.75, 3.05) is 0 Å². The SMILES string of the molecule is Cc1ccc(C(C)(C)C)cc1CNC(=O)O. The molecule has 0 saturated heterocycles. The molecule has 0 aliphatic rings. The number of rotatable bonds is 2. The van der Waals surface area contributed by atoms with E-state index in [0.717, 1.165) is 11.1 Å². The number of hydrogen-bond donors (Lipinski definition) is 2. The van der Waals surface area contributed by atoms with Gasteiger partial charge in [-0.1, -0.05) is 39.0 Å². The van der Waals surface area contributed by atoms with Gasteiger partial charge in [0.15, 0.2) is 0 Å². The molecule has 88 valence electrons. The van der Waals surface area contributed by atoms with Crippen LogP contribution in [-0.2, 0) is 12.0 Å². The van der Waals surface area contributed by atoms with E-state index in [2.05, 4.69) is 38.2 Å². The van der Waals surface area contributed by atoms with Gasteiger partial charge in [0.1, 0.15) is 0 Å². The summed E-state index contributed by atoms with van der Waals surface area (Å²) in [6.07, 6.45) is -0.986. The average Bonchev–Trinajstić information content (AvgIpc) is 2.14. The van der Waals surface area contributed by atoms with Crippen molar-refractivity contribution in [2.24, 2.45) is 0 Å². The Morgan fingerprint density at radius 1 is 1.38 bits per heavy atom. The average molecular weight is 221 g/mol. The fraction of sp³-hybridized carbons (Fsp3) is 0.462. The van der Waals surface area contributed by atoms with Crippen LogP contribution in [0, 0.1) is 6.92 Å². The zero-order valence-electron chi connectivity index (χ0n) is 10.3. The van der Waals surface area contributed by atoms with E-state index < -0.39 is 6.09 Å². The standard InChI is InChI=1S/C13H19NO2/c1-9-5-6-11(13(2,3)4)7-10(9)8-14-12(15)16/h5-7,14H,8H2,1-4H3,(H,15,16). The Balaban J connectivity index is 2.95. The Bertz CT molecular complexity index is 391. The summed E-state index contributed by atoms with van der Waals surface area (Å²) < 4.78 is 0. The minimum absolute atomic E-state index is 0.0890. The smallest absolute Gasteiger partial charge is 0.404 e. The lowest BCUT2D eigenvalue weighted by molar-refractivity contribution is 0.194. The normalized spacial score (nSPS) is 11.2. The lowest BCUT2D eigenvalue weighted by Gasteiger charge is -2.20. The first kappa shape index (κ1) is 12.6. The third kappa shape index (κ3) is 3.26. The molecule has 0 aliphatic carbocycles. The molecule has 0 bridgehead atoms. The Kier molecular flexibility index (Phi) is 3.58. The van der Waals surface area contributed by atoms with Crippen molar-refractivity contribution < 1.29 is 9.90 Å². The molecule has 0 fully saturated rings. The number of benzene rings is 1. The van der Waals surface area contributed by atoms with E-state index in [1.807, 2.05) is 13.0 Å². The van der Waals surface area contributed by atoms with Crippen molar-refractivity contribution in [1.82, 2.24) is 5.32 Å². The third-order valence-electron chi connectivity index (χ3n) is 2.65.